The standard InChI is InChI=1S/C10H8N2O3S/c1-11-10(13)8-5-16-9-3-2-6(12(14)15)4-7(8)9/h2-5H,1H3,(H,11,13). The van der Waals surface area contributed by atoms with Crippen molar-refractivity contribution in [1.82, 2.24) is 5.32 Å². The van der Waals surface area contributed by atoms with Crippen molar-refractivity contribution in [3.8, 4) is 0 Å². The molecule has 82 valence electrons. The van der Waals surface area contributed by atoms with Crippen LogP contribution < -0.4 is 5.32 Å². The fraction of sp³-hybridized carbons (Fsp3) is 0.100. The van der Waals surface area contributed by atoms with Crippen LogP contribution in [0.4, 0.5) is 5.69 Å². The Morgan fingerprint density at radius 3 is 2.88 bits per heavy atom. The van der Waals surface area contributed by atoms with E-state index >= 15 is 0 Å². The quantitative estimate of drug-likeness (QED) is 0.641. The molecule has 1 aromatic carbocycles. The summed E-state index contributed by atoms with van der Waals surface area (Å²) in [4.78, 5) is 21.7. The molecule has 6 heteroatoms. The number of carbonyl (C=O) groups excluding carboxylic acids is 1. The van der Waals surface area contributed by atoms with Crippen LogP contribution in [0.15, 0.2) is 23.6 Å². The summed E-state index contributed by atoms with van der Waals surface area (Å²) in [6.45, 7) is 0. The second kappa shape index (κ2) is 3.90. The summed E-state index contributed by atoms with van der Waals surface area (Å²) in [5, 5.41) is 15.5. The maximum atomic E-state index is 11.5. The van der Waals surface area contributed by atoms with Crippen molar-refractivity contribution in [2.75, 3.05) is 7.05 Å². The number of rotatable bonds is 2. The first-order valence-corrected chi connectivity index (χ1v) is 5.39. The van der Waals surface area contributed by atoms with Gasteiger partial charge in [-0.1, -0.05) is 0 Å². The lowest BCUT2D eigenvalue weighted by Crippen LogP contribution is -2.17. The lowest BCUT2D eigenvalue weighted by atomic mass is 10.1. The van der Waals surface area contributed by atoms with E-state index in [1.807, 2.05) is 0 Å². The molecular formula is C10H8N2O3S. The maximum Gasteiger partial charge on any atom is 0.270 e. The molecule has 0 saturated carbocycles. The molecule has 0 aliphatic carbocycles. The number of benzene rings is 1. The third-order valence-electron chi connectivity index (χ3n) is 2.24. The van der Waals surface area contributed by atoms with Gasteiger partial charge in [0, 0.05) is 34.6 Å². The molecule has 0 fully saturated rings. The first-order valence-electron chi connectivity index (χ1n) is 4.51. The molecule has 1 amide bonds. The van der Waals surface area contributed by atoms with E-state index in [-0.39, 0.29) is 11.6 Å². The average Bonchev–Trinajstić information content (AvgIpc) is 2.70. The van der Waals surface area contributed by atoms with Crippen LogP contribution >= 0.6 is 11.3 Å². The minimum Gasteiger partial charge on any atom is -0.355 e. The smallest absolute Gasteiger partial charge is 0.270 e. The van der Waals surface area contributed by atoms with E-state index in [1.54, 1.807) is 11.4 Å². The molecule has 5 nitrogen and oxygen atoms in total. The Morgan fingerprint density at radius 1 is 1.50 bits per heavy atom. The number of nitro benzene ring substituents is 1. The number of nitrogens with zero attached hydrogens (tertiary/aromatic N) is 1. The van der Waals surface area contributed by atoms with E-state index in [0.29, 0.717) is 10.9 Å². The van der Waals surface area contributed by atoms with E-state index in [9.17, 15) is 14.9 Å². The van der Waals surface area contributed by atoms with Gasteiger partial charge in [0.25, 0.3) is 11.6 Å². The highest BCUT2D eigenvalue weighted by atomic mass is 32.1. The highest BCUT2D eigenvalue weighted by Crippen LogP contribution is 2.29. The molecule has 0 radical (unpaired) electrons. The van der Waals surface area contributed by atoms with E-state index in [1.165, 1.54) is 30.5 Å². The predicted octanol–water partition coefficient (Wildman–Crippen LogP) is 2.17. The van der Waals surface area contributed by atoms with Gasteiger partial charge in [0.1, 0.15) is 0 Å². The van der Waals surface area contributed by atoms with Crippen molar-refractivity contribution in [3.63, 3.8) is 0 Å². The van der Waals surface area contributed by atoms with E-state index in [4.69, 9.17) is 0 Å². The van der Waals surface area contributed by atoms with Crippen molar-refractivity contribution in [1.29, 1.82) is 0 Å². The van der Waals surface area contributed by atoms with Crippen molar-refractivity contribution >= 4 is 33.0 Å². The molecule has 1 N–H and O–H groups in total. The fourth-order valence-corrected chi connectivity index (χ4v) is 2.36. The molecule has 0 spiro atoms. The number of nitro groups is 1. The van der Waals surface area contributed by atoms with Crippen molar-refractivity contribution in [2.24, 2.45) is 0 Å². The number of amides is 1. The highest BCUT2D eigenvalue weighted by molar-refractivity contribution is 7.17. The lowest BCUT2D eigenvalue weighted by Gasteiger charge is -1.97. The molecule has 16 heavy (non-hydrogen) atoms. The van der Waals surface area contributed by atoms with Crippen molar-refractivity contribution in [3.05, 3.63) is 39.3 Å². The van der Waals surface area contributed by atoms with Crippen LogP contribution in [0.2, 0.25) is 0 Å². The summed E-state index contributed by atoms with van der Waals surface area (Å²) in [5.41, 5.74) is 0.474. The number of thiophene rings is 1. The minimum absolute atomic E-state index is 0.00365. The van der Waals surface area contributed by atoms with Crippen LogP contribution in [-0.4, -0.2) is 17.9 Å². The van der Waals surface area contributed by atoms with Crippen LogP contribution in [0.5, 0.6) is 0 Å². The number of nitrogens with one attached hydrogen (secondary N) is 1. The molecule has 2 rings (SSSR count). The van der Waals surface area contributed by atoms with E-state index in [0.717, 1.165) is 4.70 Å². The van der Waals surface area contributed by atoms with Gasteiger partial charge in [-0.15, -0.1) is 11.3 Å². The second-order valence-corrected chi connectivity index (χ2v) is 4.08. The van der Waals surface area contributed by atoms with Crippen molar-refractivity contribution < 1.29 is 9.72 Å². The minimum atomic E-state index is -0.468. The second-order valence-electron chi connectivity index (χ2n) is 3.17. The van der Waals surface area contributed by atoms with Crippen LogP contribution in [0.3, 0.4) is 0 Å². The Balaban J connectivity index is 2.64. The Labute approximate surface area is 94.8 Å². The summed E-state index contributed by atoms with van der Waals surface area (Å²) >= 11 is 1.39. The SMILES string of the molecule is CNC(=O)c1csc2ccc([N+](=O)[O-])cc12. The average molecular weight is 236 g/mol. The molecule has 2 aromatic rings. The molecule has 0 atom stereocenters. The lowest BCUT2D eigenvalue weighted by molar-refractivity contribution is -0.384. The summed E-state index contributed by atoms with van der Waals surface area (Å²) in [5.74, 6) is -0.230. The summed E-state index contributed by atoms with van der Waals surface area (Å²) in [6.07, 6.45) is 0. The summed E-state index contributed by atoms with van der Waals surface area (Å²) in [6, 6.07) is 4.52. The normalized spacial score (nSPS) is 10.3. The van der Waals surface area contributed by atoms with Gasteiger partial charge in [0.15, 0.2) is 0 Å². The van der Waals surface area contributed by atoms with Gasteiger partial charge in [-0.3, -0.25) is 14.9 Å². The zero-order valence-corrected chi connectivity index (χ0v) is 9.21. The third-order valence-corrected chi connectivity index (χ3v) is 3.20. The summed E-state index contributed by atoms with van der Waals surface area (Å²) in [7, 11) is 1.53. The van der Waals surface area contributed by atoms with Crippen LogP contribution in [0.25, 0.3) is 10.1 Å². The molecule has 0 aliphatic rings. The molecule has 0 aliphatic heterocycles. The van der Waals surface area contributed by atoms with Crippen LogP contribution in [0, 0.1) is 10.1 Å². The zero-order chi connectivity index (χ0) is 11.7. The Bertz CT molecular complexity index is 576. The van der Waals surface area contributed by atoms with Crippen LogP contribution in [-0.2, 0) is 0 Å². The van der Waals surface area contributed by atoms with Gasteiger partial charge < -0.3 is 5.32 Å². The largest absolute Gasteiger partial charge is 0.355 e. The molecule has 0 bridgehead atoms. The number of hydrogen-bond donors (Lipinski definition) is 1. The third kappa shape index (κ3) is 1.63. The number of non-ortho nitro benzene ring substituents is 1. The molecule has 0 unspecified atom stereocenters. The predicted molar refractivity (Wildman–Crippen MR) is 61.9 cm³/mol. The Kier molecular flexibility index (Phi) is 2.57. The zero-order valence-electron chi connectivity index (χ0n) is 8.39. The Hall–Kier alpha value is -1.95. The summed E-state index contributed by atoms with van der Waals surface area (Å²) < 4.78 is 0.865. The van der Waals surface area contributed by atoms with Gasteiger partial charge in [-0.05, 0) is 6.07 Å². The monoisotopic (exact) mass is 236 g/mol. The number of carbonyl (C=O) groups is 1. The van der Waals surface area contributed by atoms with Gasteiger partial charge in [-0.2, -0.15) is 0 Å². The fourth-order valence-electron chi connectivity index (χ4n) is 1.44. The molecule has 0 saturated heterocycles. The highest BCUT2D eigenvalue weighted by Gasteiger charge is 2.14. The molecular weight excluding hydrogens is 228 g/mol. The van der Waals surface area contributed by atoms with Gasteiger partial charge >= 0.3 is 0 Å². The van der Waals surface area contributed by atoms with E-state index in [2.05, 4.69) is 5.32 Å². The molecule has 1 aromatic heterocycles. The van der Waals surface area contributed by atoms with E-state index < -0.39 is 4.92 Å². The van der Waals surface area contributed by atoms with Gasteiger partial charge in [-0.25, -0.2) is 0 Å². The first-order chi connectivity index (χ1) is 7.63. The van der Waals surface area contributed by atoms with Crippen molar-refractivity contribution in [2.45, 2.75) is 0 Å². The Morgan fingerprint density at radius 2 is 2.25 bits per heavy atom. The topological polar surface area (TPSA) is 72.2 Å². The molecule has 1 heterocycles. The first kappa shape index (κ1) is 10.6. The van der Waals surface area contributed by atoms with Gasteiger partial charge in [0.05, 0.1) is 10.5 Å². The number of fused-ring (bicyclic) bond motifs is 1. The maximum absolute atomic E-state index is 11.5. The van der Waals surface area contributed by atoms with Gasteiger partial charge in [0.2, 0.25) is 0 Å². The number of hydrogen-bond acceptors (Lipinski definition) is 4. The van der Waals surface area contributed by atoms with Crippen LogP contribution in [0.1, 0.15) is 10.4 Å².